The molecule has 118 valence electrons. The Kier molecular flexibility index (Phi) is 3.86. The highest BCUT2D eigenvalue weighted by molar-refractivity contribution is 5.94. The highest BCUT2D eigenvalue weighted by Gasteiger charge is 2.47. The highest BCUT2D eigenvalue weighted by atomic mass is 16.7. The molecule has 5 heteroatoms. The van der Waals surface area contributed by atoms with E-state index in [9.17, 15) is 9.59 Å². The monoisotopic (exact) mass is 310 g/mol. The summed E-state index contributed by atoms with van der Waals surface area (Å²) in [5, 5.41) is 0. The largest absolute Gasteiger partial charge is 0.340 e. The van der Waals surface area contributed by atoms with Crippen molar-refractivity contribution in [1.82, 2.24) is 10.5 Å². The molecule has 1 heterocycles. The van der Waals surface area contributed by atoms with Crippen LogP contribution in [0.15, 0.2) is 42.6 Å². The van der Waals surface area contributed by atoms with Gasteiger partial charge in [0.05, 0.1) is 16.7 Å². The number of hydrogen-bond acceptors (Lipinski definition) is 4. The van der Waals surface area contributed by atoms with E-state index in [1.54, 1.807) is 12.1 Å². The number of amides is 1. The third-order valence-corrected chi connectivity index (χ3v) is 4.07. The molecule has 1 fully saturated rings. The van der Waals surface area contributed by atoms with E-state index in [1.807, 2.05) is 38.1 Å². The second-order valence-electron chi connectivity index (χ2n) is 6.18. The van der Waals surface area contributed by atoms with Crippen molar-refractivity contribution in [1.29, 1.82) is 0 Å². The maximum Gasteiger partial charge on any atom is 0.338 e. The average molecular weight is 310 g/mol. The van der Waals surface area contributed by atoms with Gasteiger partial charge < -0.3 is 4.84 Å². The van der Waals surface area contributed by atoms with Crippen LogP contribution in [0.3, 0.4) is 0 Å². The summed E-state index contributed by atoms with van der Waals surface area (Å²) in [7, 11) is 0. The maximum absolute atomic E-state index is 12.0. The first-order valence-corrected chi connectivity index (χ1v) is 7.53. The molecule has 1 N–H and O–H groups in total. The molecule has 1 saturated carbocycles. The molecule has 23 heavy (non-hydrogen) atoms. The van der Waals surface area contributed by atoms with Gasteiger partial charge in [0.2, 0.25) is 0 Å². The van der Waals surface area contributed by atoms with E-state index < -0.39 is 17.3 Å². The minimum Gasteiger partial charge on any atom is -0.340 e. The Morgan fingerprint density at radius 3 is 2.61 bits per heavy atom. The van der Waals surface area contributed by atoms with Crippen LogP contribution in [-0.2, 0) is 9.63 Å². The summed E-state index contributed by atoms with van der Waals surface area (Å²) in [5.41, 5.74) is 5.02. The highest BCUT2D eigenvalue weighted by Crippen LogP contribution is 2.45. The molecular weight excluding hydrogens is 292 g/mol. The minimum atomic E-state index is -0.481. The Hall–Kier alpha value is -2.69. The molecule has 1 aromatic heterocycles. The zero-order valence-electron chi connectivity index (χ0n) is 13.1. The molecule has 0 radical (unpaired) electrons. The lowest BCUT2D eigenvalue weighted by Crippen LogP contribution is -2.30. The Balaban J connectivity index is 1.64. The van der Waals surface area contributed by atoms with Gasteiger partial charge in [-0.2, -0.15) is 5.48 Å². The lowest BCUT2D eigenvalue weighted by atomic mass is 10.1. The van der Waals surface area contributed by atoms with Crippen molar-refractivity contribution in [3.8, 4) is 11.3 Å². The second kappa shape index (κ2) is 5.83. The van der Waals surface area contributed by atoms with E-state index in [4.69, 9.17) is 4.84 Å². The van der Waals surface area contributed by atoms with Gasteiger partial charge in [-0.15, -0.1) is 0 Å². The molecule has 0 aliphatic heterocycles. The van der Waals surface area contributed by atoms with Gasteiger partial charge in [0, 0.05) is 11.8 Å². The van der Waals surface area contributed by atoms with Gasteiger partial charge in [0.1, 0.15) is 0 Å². The fraction of sp³-hybridized carbons (Fsp3) is 0.278. The van der Waals surface area contributed by atoms with E-state index in [2.05, 4.69) is 10.5 Å². The Morgan fingerprint density at radius 1 is 1.22 bits per heavy atom. The van der Waals surface area contributed by atoms with Gasteiger partial charge in [-0.05, 0) is 44.9 Å². The van der Waals surface area contributed by atoms with Gasteiger partial charge in [-0.1, -0.05) is 23.8 Å². The van der Waals surface area contributed by atoms with Gasteiger partial charge in [-0.25, -0.2) is 4.79 Å². The Bertz CT molecular complexity index is 749. The van der Waals surface area contributed by atoms with Crippen molar-refractivity contribution in [3.63, 3.8) is 0 Å². The number of nitrogens with one attached hydrogen (secondary N) is 1. The molecule has 1 amide bonds. The van der Waals surface area contributed by atoms with Crippen molar-refractivity contribution < 1.29 is 14.4 Å². The summed E-state index contributed by atoms with van der Waals surface area (Å²) in [5.74, 6) is -0.874. The average Bonchev–Trinajstić information content (AvgIpc) is 3.31. The topological polar surface area (TPSA) is 68.3 Å². The van der Waals surface area contributed by atoms with Crippen LogP contribution in [-0.4, -0.2) is 16.9 Å². The first-order chi connectivity index (χ1) is 11.0. The number of hydroxylamine groups is 1. The van der Waals surface area contributed by atoms with E-state index in [1.165, 1.54) is 6.20 Å². The summed E-state index contributed by atoms with van der Waals surface area (Å²) >= 11 is 0. The minimum absolute atomic E-state index is 0.343. The number of carbonyl (C=O) groups excluding carboxylic acids is 2. The number of pyridine rings is 1. The smallest absolute Gasteiger partial charge is 0.338 e. The van der Waals surface area contributed by atoms with Crippen LogP contribution in [0.4, 0.5) is 0 Å². The predicted molar refractivity (Wildman–Crippen MR) is 85.3 cm³/mol. The summed E-state index contributed by atoms with van der Waals surface area (Å²) in [6.07, 6.45) is 3.07. The summed E-state index contributed by atoms with van der Waals surface area (Å²) < 4.78 is 0. The predicted octanol–water partition coefficient (Wildman–Crippen LogP) is 3.05. The van der Waals surface area contributed by atoms with Crippen LogP contribution in [0.5, 0.6) is 0 Å². The molecule has 3 rings (SSSR count). The summed E-state index contributed by atoms with van der Waals surface area (Å²) in [6.45, 7) is 3.83. The number of carbonyl (C=O) groups is 2. The second-order valence-corrected chi connectivity index (χ2v) is 6.18. The lowest BCUT2D eigenvalue weighted by molar-refractivity contribution is -0.155. The number of aryl methyl sites for hydroxylation is 1. The molecule has 1 aliphatic rings. The normalized spacial score (nSPS) is 14.9. The number of nitrogens with zero attached hydrogens (tertiary/aromatic N) is 1. The van der Waals surface area contributed by atoms with E-state index in [-0.39, 0.29) is 0 Å². The van der Waals surface area contributed by atoms with Crippen LogP contribution >= 0.6 is 0 Å². The SMILES string of the molecule is Cc1cccc(-c2ccc(C(=O)NOC(=O)C3(C)CC3)cn2)c1. The molecule has 0 saturated heterocycles. The Morgan fingerprint density at radius 2 is 2.00 bits per heavy atom. The molecule has 0 unspecified atom stereocenters. The van der Waals surface area contributed by atoms with Gasteiger partial charge in [0.25, 0.3) is 5.91 Å². The van der Waals surface area contributed by atoms with Crippen molar-refractivity contribution in [2.75, 3.05) is 0 Å². The lowest BCUT2D eigenvalue weighted by Gasteiger charge is -2.09. The van der Waals surface area contributed by atoms with Crippen LogP contribution in [0, 0.1) is 12.3 Å². The van der Waals surface area contributed by atoms with Gasteiger partial charge in [0.15, 0.2) is 0 Å². The Labute approximate surface area is 134 Å². The molecule has 0 bridgehead atoms. The van der Waals surface area contributed by atoms with Crippen LogP contribution in [0.1, 0.15) is 35.7 Å². The van der Waals surface area contributed by atoms with Crippen LogP contribution < -0.4 is 5.48 Å². The maximum atomic E-state index is 12.0. The standard InChI is InChI=1S/C18H18N2O3/c1-12-4-3-5-13(10-12)15-7-6-14(11-19-15)16(21)20-23-17(22)18(2)8-9-18/h3-7,10-11H,8-9H2,1-2H3,(H,20,21). The van der Waals surface area contributed by atoms with E-state index in [0.29, 0.717) is 5.56 Å². The molecule has 2 aromatic rings. The number of benzene rings is 1. The zero-order valence-corrected chi connectivity index (χ0v) is 13.1. The number of hydrogen-bond donors (Lipinski definition) is 1. The quantitative estimate of drug-likeness (QED) is 0.885. The van der Waals surface area contributed by atoms with Crippen molar-refractivity contribution in [2.45, 2.75) is 26.7 Å². The van der Waals surface area contributed by atoms with E-state index >= 15 is 0 Å². The summed E-state index contributed by atoms with van der Waals surface area (Å²) in [6, 6.07) is 11.4. The molecule has 1 aliphatic carbocycles. The van der Waals surface area contributed by atoms with Crippen molar-refractivity contribution >= 4 is 11.9 Å². The molecule has 0 atom stereocenters. The summed E-state index contributed by atoms with van der Waals surface area (Å²) in [4.78, 5) is 32.8. The molecule has 1 aromatic carbocycles. The molecule has 5 nitrogen and oxygen atoms in total. The van der Waals surface area contributed by atoms with E-state index in [0.717, 1.165) is 29.7 Å². The first-order valence-electron chi connectivity index (χ1n) is 7.53. The number of aromatic nitrogens is 1. The fourth-order valence-corrected chi connectivity index (χ4v) is 2.17. The van der Waals surface area contributed by atoms with Crippen molar-refractivity contribution in [3.05, 3.63) is 53.7 Å². The van der Waals surface area contributed by atoms with Crippen LogP contribution in [0.2, 0.25) is 0 Å². The molecular formula is C18H18N2O3. The third kappa shape index (κ3) is 3.39. The fourth-order valence-electron chi connectivity index (χ4n) is 2.17. The third-order valence-electron chi connectivity index (χ3n) is 4.07. The first kappa shape index (κ1) is 15.2. The van der Waals surface area contributed by atoms with Gasteiger partial charge in [-0.3, -0.25) is 9.78 Å². The van der Waals surface area contributed by atoms with Crippen LogP contribution in [0.25, 0.3) is 11.3 Å². The molecule has 0 spiro atoms. The van der Waals surface area contributed by atoms with Gasteiger partial charge >= 0.3 is 5.97 Å². The number of rotatable bonds is 3. The van der Waals surface area contributed by atoms with Crippen molar-refractivity contribution in [2.24, 2.45) is 5.41 Å². The zero-order chi connectivity index (χ0) is 16.4.